The molecule has 0 heterocycles. The molecular weight excluding hydrogens is 353 g/mol. The van der Waals surface area contributed by atoms with Gasteiger partial charge in [0, 0.05) is 23.6 Å². The fraction of sp³-hybridized carbons (Fsp3) is 0.250. The van der Waals surface area contributed by atoms with Crippen LogP contribution in [0.3, 0.4) is 0 Å². The maximum atomic E-state index is 12.8. The van der Waals surface area contributed by atoms with Crippen LogP contribution in [0.1, 0.15) is 12.0 Å². The Balaban J connectivity index is 1.73. The Morgan fingerprint density at radius 1 is 1.12 bits per heavy atom. The molecule has 0 aromatic heterocycles. The van der Waals surface area contributed by atoms with Crippen LogP contribution >= 0.6 is 11.8 Å². The second kappa shape index (κ2) is 10.5. The Bertz CT molecular complexity index is 725. The first-order valence-corrected chi connectivity index (χ1v) is 9.16. The van der Waals surface area contributed by atoms with Crippen molar-refractivity contribution in [3.63, 3.8) is 0 Å². The largest absolute Gasteiger partial charge is 0.497 e. The number of halogens is 1. The van der Waals surface area contributed by atoms with E-state index in [1.807, 2.05) is 12.1 Å². The van der Waals surface area contributed by atoms with Gasteiger partial charge in [-0.1, -0.05) is 0 Å². The van der Waals surface area contributed by atoms with Crippen molar-refractivity contribution in [1.29, 1.82) is 0 Å². The summed E-state index contributed by atoms with van der Waals surface area (Å²) in [7, 11) is 3.16. The van der Waals surface area contributed by atoms with Gasteiger partial charge in [0.2, 0.25) is 5.91 Å². The number of hydrogen-bond donors (Lipinski definition) is 1. The lowest BCUT2D eigenvalue weighted by Crippen LogP contribution is -2.22. The number of methoxy groups -OCH3 is 2. The van der Waals surface area contributed by atoms with Gasteiger partial charge in [-0.3, -0.25) is 4.79 Å². The Kier molecular flexibility index (Phi) is 8.02. The highest BCUT2D eigenvalue weighted by atomic mass is 32.2. The third-order valence-electron chi connectivity index (χ3n) is 3.50. The molecule has 0 radical (unpaired) electrons. The molecule has 1 amide bonds. The molecule has 2 aromatic carbocycles. The van der Waals surface area contributed by atoms with E-state index in [4.69, 9.17) is 9.47 Å². The Hall–Kier alpha value is -2.47. The van der Waals surface area contributed by atoms with Crippen LogP contribution < -0.4 is 14.8 Å². The van der Waals surface area contributed by atoms with Crippen LogP contribution in [0, 0.1) is 5.82 Å². The summed E-state index contributed by atoms with van der Waals surface area (Å²) in [5, 5.41) is 2.84. The zero-order valence-electron chi connectivity index (χ0n) is 14.8. The van der Waals surface area contributed by atoms with Crippen molar-refractivity contribution < 1.29 is 18.7 Å². The smallest absolute Gasteiger partial charge is 0.243 e. The molecule has 138 valence electrons. The fourth-order valence-electron chi connectivity index (χ4n) is 2.16. The van der Waals surface area contributed by atoms with E-state index in [0.29, 0.717) is 18.0 Å². The number of benzene rings is 2. The molecule has 0 atom stereocenters. The van der Waals surface area contributed by atoms with Crippen LogP contribution in [0.5, 0.6) is 11.5 Å². The van der Waals surface area contributed by atoms with E-state index in [0.717, 1.165) is 22.6 Å². The molecule has 4 nitrogen and oxygen atoms in total. The van der Waals surface area contributed by atoms with Gasteiger partial charge in [-0.25, -0.2) is 4.39 Å². The summed E-state index contributed by atoms with van der Waals surface area (Å²) >= 11 is 1.64. The molecule has 2 aromatic rings. The van der Waals surface area contributed by atoms with Gasteiger partial charge in [0.05, 0.1) is 14.2 Å². The Morgan fingerprint density at radius 2 is 1.77 bits per heavy atom. The lowest BCUT2D eigenvalue weighted by Gasteiger charge is -2.06. The lowest BCUT2D eigenvalue weighted by atomic mass is 10.2. The molecule has 0 aliphatic carbocycles. The summed E-state index contributed by atoms with van der Waals surface area (Å²) in [5.41, 5.74) is 0.822. The van der Waals surface area contributed by atoms with Gasteiger partial charge in [-0.15, -0.1) is 11.8 Å². The number of ether oxygens (including phenoxy) is 2. The third-order valence-corrected chi connectivity index (χ3v) is 4.60. The summed E-state index contributed by atoms with van der Waals surface area (Å²) < 4.78 is 23.2. The highest BCUT2D eigenvalue weighted by Gasteiger charge is 2.01. The molecule has 0 aliphatic rings. The van der Waals surface area contributed by atoms with Gasteiger partial charge in [0.1, 0.15) is 17.3 Å². The second-order valence-corrected chi connectivity index (χ2v) is 6.59. The van der Waals surface area contributed by atoms with Gasteiger partial charge < -0.3 is 14.8 Å². The number of rotatable bonds is 9. The molecular formula is C20H22FNO3S. The van der Waals surface area contributed by atoms with E-state index < -0.39 is 0 Å². The number of thioether (sulfide) groups is 1. The lowest BCUT2D eigenvalue weighted by molar-refractivity contribution is -0.116. The number of nitrogens with one attached hydrogen (secondary N) is 1. The van der Waals surface area contributed by atoms with Gasteiger partial charge >= 0.3 is 0 Å². The van der Waals surface area contributed by atoms with Crippen LogP contribution in [0.15, 0.2) is 53.4 Å². The average molecular weight is 375 g/mol. The van der Waals surface area contributed by atoms with Crippen molar-refractivity contribution in [1.82, 2.24) is 5.32 Å². The minimum atomic E-state index is -0.234. The number of hydrogen-bond acceptors (Lipinski definition) is 4. The SMILES string of the molecule is COc1cc(C=CC(=O)NCCCSc2ccc(F)cc2)cc(OC)c1. The van der Waals surface area contributed by atoms with Crippen LogP contribution in [-0.4, -0.2) is 32.4 Å². The third kappa shape index (κ3) is 6.80. The predicted molar refractivity (Wildman–Crippen MR) is 103 cm³/mol. The first-order valence-electron chi connectivity index (χ1n) is 8.18. The summed E-state index contributed by atoms with van der Waals surface area (Å²) in [5.74, 6) is 1.80. The average Bonchev–Trinajstić information content (AvgIpc) is 2.67. The molecule has 0 fully saturated rings. The zero-order valence-corrected chi connectivity index (χ0v) is 15.6. The number of carbonyl (C=O) groups is 1. The van der Waals surface area contributed by atoms with E-state index in [2.05, 4.69) is 5.32 Å². The fourth-order valence-corrected chi connectivity index (χ4v) is 3.01. The van der Waals surface area contributed by atoms with Crippen LogP contribution in [0.25, 0.3) is 6.08 Å². The van der Waals surface area contributed by atoms with Gasteiger partial charge in [0.15, 0.2) is 0 Å². The number of carbonyl (C=O) groups excluding carboxylic acids is 1. The Morgan fingerprint density at radius 3 is 2.38 bits per heavy atom. The topological polar surface area (TPSA) is 47.6 Å². The molecule has 1 N–H and O–H groups in total. The van der Waals surface area contributed by atoms with Crippen LogP contribution in [0.2, 0.25) is 0 Å². The minimum absolute atomic E-state index is 0.154. The highest BCUT2D eigenvalue weighted by molar-refractivity contribution is 7.99. The van der Waals surface area contributed by atoms with Crippen molar-refractivity contribution in [3.05, 3.63) is 59.9 Å². The van der Waals surface area contributed by atoms with Crippen molar-refractivity contribution >= 4 is 23.7 Å². The van der Waals surface area contributed by atoms with E-state index in [9.17, 15) is 9.18 Å². The maximum Gasteiger partial charge on any atom is 0.243 e. The normalized spacial score (nSPS) is 10.7. The van der Waals surface area contributed by atoms with Crippen molar-refractivity contribution in [2.24, 2.45) is 0 Å². The van der Waals surface area contributed by atoms with E-state index in [1.165, 1.54) is 18.2 Å². The van der Waals surface area contributed by atoms with Crippen molar-refractivity contribution in [2.45, 2.75) is 11.3 Å². The van der Waals surface area contributed by atoms with Gasteiger partial charge in [-0.2, -0.15) is 0 Å². The van der Waals surface area contributed by atoms with Crippen molar-refractivity contribution in [2.75, 3.05) is 26.5 Å². The quantitative estimate of drug-likeness (QED) is 0.406. The van der Waals surface area contributed by atoms with E-state index >= 15 is 0 Å². The van der Waals surface area contributed by atoms with Crippen LogP contribution in [0.4, 0.5) is 4.39 Å². The molecule has 0 saturated carbocycles. The standard InChI is InChI=1S/C20H22FNO3S/c1-24-17-12-15(13-18(14-17)25-2)4-9-20(23)22-10-3-11-26-19-7-5-16(21)6-8-19/h4-9,12-14H,3,10-11H2,1-2H3,(H,22,23). The highest BCUT2D eigenvalue weighted by Crippen LogP contribution is 2.23. The minimum Gasteiger partial charge on any atom is -0.497 e. The summed E-state index contributed by atoms with van der Waals surface area (Å²) in [4.78, 5) is 12.9. The van der Waals surface area contributed by atoms with Gasteiger partial charge in [-0.05, 0) is 60.2 Å². The van der Waals surface area contributed by atoms with Crippen molar-refractivity contribution in [3.8, 4) is 11.5 Å². The second-order valence-electron chi connectivity index (χ2n) is 5.43. The zero-order chi connectivity index (χ0) is 18.8. The van der Waals surface area contributed by atoms with E-state index in [-0.39, 0.29) is 11.7 Å². The maximum absolute atomic E-state index is 12.8. The molecule has 0 unspecified atom stereocenters. The molecule has 0 spiro atoms. The molecule has 0 aliphatic heterocycles. The summed E-state index contributed by atoms with van der Waals surface area (Å²) in [6.07, 6.45) is 4.03. The first-order chi connectivity index (χ1) is 12.6. The molecule has 6 heteroatoms. The molecule has 0 saturated heterocycles. The van der Waals surface area contributed by atoms with Crippen LogP contribution in [-0.2, 0) is 4.79 Å². The Labute approximate surface area is 157 Å². The molecule has 2 rings (SSSR count). The molecule has 0 bridgehead atoms. The number of amides is 1. The summed E-state index contributed by atoms with van der Waals surface area (Å²) in [6.45, 7) is 0.582. The van der Waals surface area contributed by atoms with Gasteiger partial charge in [0.25, 0.3) is 0 Å². The molecule has 26 heavy (non-hydrogen) atoms. The van der Waals surface area contributed by atoms with E-state index in [1.54, 1.807) is 50.3 Å². The summed E-state index contributed by atoms with van der Waals surface area (Å²) in [6, 6.07) is 11.8. The monoisotopic (exact) mass is 375 g/mol. The predicted octanol–water partition coefficient (Wildman–Crippen LogP) is 4.15. The first kappa shape index (κ1) is 19.8.